The van der Waals surface area contributed by atoms with Crippen molar-refractivity contribution in [3.05, 3.63) is 42.2 Å². The number of rotatable bonds is 4. The second-order valence-corrected chi connectivity index (χ2v) is 5.13. The van der Waals surface area contributed by atoms with E-state index in [1.54, 1.807) is 17.1 Å². The van der Waals surface area contributed by atoms with Crippen molar-refractivity contribution in [2.75, 3.05) is 13.6 Å². The standard InChI is InChI=1S/C16H19NO2/c1-12(2)11-17(3)16(18)9-8-14-10-13-6-4-5-7-15(13)19-14/h4-10,12H,11H2,1-3H3/b9-8+. The Bertz CT molecular complexity index is 563. The smallest absolute Gasteiger partial charge is 0.246 e. The zero-order valence-corrected chi connectivity index (χ0v) is 11.6. The summed E-state index contributed by atoms with van der Waals surface area (Å²) in [5.41, 5.74) is 0.838. The monoisotopic (exact) mass is 257 g/mol. The summed E-state index contributed by atoms with van der Waals surface area (Å²) in [7, 11) is 1.81. The van der Waals surface area contributed by atoms with Crippen molar-refractivity contribution in [1.82, 2.24) is 4.90 Å². The molecule has 1 aromatic carbocycles. The molecule has 0 saturated carbocycles. The zero-order valence-electron chi connectivity index (χ0n) is 11.6. The first kappa shape index (κ1) is 13.4. The van der Waals surface area contributed by atoms with Crippen molar-refractivity contribution in [1.29, 1.82) is 0 Å². The molecule has 0 bridgehead atoms. The van der Waals surface area contributed by atoms with E-state index in [2.05, 4.69) is 13.8 Å². The Hall–Kier alpha value is -2.03. The van der Waals surface area contributed by atoms with E-state index in [1.165, 1.54) is 0 Å². The number of benzene rings is 1. The second-order valence-electron chi connectivity index (χ2n) is 5.13. The summed E-state index contributed by atoms with van der Waals surface area (Å²) in [4.78, 5) is 13.6. The fraction of sp³-hybridized carbons (Fsp3) is 0.312. The molecule has 0 atom stereocenters. The maximum atomic E-state index is 11.9. The molecule has 0 aliphatic carbocycles. The lowest BCUT2D eigenvalue weighted by molar-refractivity contribution is -0.125. The maximum absolute atomic E-state index is 11.9. The van der Waals surface area contributed by atoms with E-state index >= 15 is 0 Å². The molecule has 0 saturated heterocycles. The molecule has 19 heavy (non-hydrogen) atoms. The Balaban J connectivity index is 2.07. The van der Waals surface area contributed by atoms with Crippen LogP contribution in [0.4, 0.5) is 0 Å². The van der Waals surface area contributed by atoms with Gasteiger partial charge in [0.1, 0.15) is 11.3 Å². The van der Waals surface area contributed by atoms with Crippen LogP contribution in [0.25, 0.3) is 17.0 Å². The lowest BCUT2D eigenvalue weighted by Crippen LogP contribution is -2.28. The number of likely N-dealkylation sites (N-methyl/N-ethyl adjacent to an activating group) is 1. The topological polar surface area (TPSA) is 33.5 Å². The maximum Gasteiger partial charge on any atom is 0.246 e. The molecule has 1 amide bonds. The number of hydrogen-bond acceptors (Lipinski definition) is 2. The van der Waals surface area contributed by atoms with Gasteiger partial charge in [-0.15, -0.1) is 0 Å². The molecular formula is C16H19NO2. The number of para-hydroxylation sites is 1. The minimum atomic E-state index is -0.00541. The van der Waals surface area contributed by atoms with Gasteiger partial charge in [0.05, 0.1) is 0 Å². The Morgan fingerprint density at radius 1 is 1.37 bits per heavy atom. The Morgan fingerprint density at radius 2 is 2.11 bits per heavy atom. The van der Waals surface area contributed by atoms with Crippen LogP contribution in [0.2, 0.25) is 0 Å². The Morgan fingerprint density at radius 3 is 2.79 bits per heavy atom. The molecule has 100 valence electrons. The van der Waals surface area contributed by atoms with Gasteiger partial charge >= 0.3 is 0 Å². The summed E-state index contributed by atoms with van der Waals surface area (Å²) in [6, 6.07) is 9.73. The SMILES string of the molecule is CC(C)CN(C)C(=O)/C=C/c1cc2ccccc2o1. The predicted molar refractivity (Wildman–Crippen MR) is 77.7 cm³/mol. The third-order valence-corrected chi connectivity index (χ3v) is 2.85. The van der Waals surface area contributed by atoms with E-state index in [9.17, 15) is 4.79 Å². The van der Waals surface area contributed by atoms with Crippen LogP contribution in [-0.4, -0.2) is 24.4 Å². The molecule has 0 radical (unpaired) electrons. The highest BCUT2D eigenvalue weighted by molar-refractivity contribution is 5.92. The van der Waals surface area contributed by atoms with Gasteiger partial charge in [-0.1, -0.05) is 32.0 Å². The highest BCUT2D eigenvalue weighted by atomic mass is 16.3. The normalized spacial score (nSPS) is 11.6. The van der Waals surface area contributed by atoms with Gasteiger partial charge in [0.2, 0.25) is 5.91 Å². The van der Waals surface area contributed by atoms with Crippen LogP contribution in [0.1, 0.15) is 19.6 Å². The second kappa shape index (κ2) is 5.74. The van der Waals surface area contributed by atoms with Crippen molar-refractivity contribution in [3.8, 4) is 0 Å². The van der Waals surface area contributed by atoms with Gasteiger partial charge in [0.25, 0.3) is 0 Å². The van der Waals surface area contributed by atoms with Gasteiger partial charge in [-0.3, -0.25) is 4.79 Å². The molecule has 3 heteroatoms. The summed E-state index contributed by atoms with van der Waals surface area (Å²) >= 11 is 0. The molecule has 0 fully saturated rings. The summed E-state index contributed by atoms with van der Waals surface area (Å²) in [5.74, 6) is 1.16. The van der Waals surface area contributed by atoms with Crippen LogP contribution in [0.15, 0.2) is 40.8 Å². The number of hydrogen-bond donors (Lipinski definition) is 0. The molecule has 1 aromatic heterocycles. The molecule has 2 aromatic rings. The van der Waals surface area contributed by atoms with Crippen LogP contribution in [0.3, 0.4) is 0 Å². The average molecular weight is 257 g/mol. The van der Waals surface area contributed by atoms with Crippen LogP contribution in [0.5, 0.6) is 0 Å². The van der Waals surface area contributed by atoms with Crippen LogP contribution >= 0.6 is 0 Å². The molecule has 0 N–H and O–H groups in total. The fourth-order valence-corrected chi connectivity index (χ4v) is 2.00. The number of amides is 1. The van der Waals surface area contributed by atoms with Gasteiger partial charge in [-0.05, 0) is 24.1 Å². The van der Waals surface area contributed by atoms with Gasteiger partial charge < -0.3 is 9.32 Å². The molecule has 0 aliphatic rings. The number of fused-ring (bicyclic) bond motifs is 1. The lowest BCUT2D eigenvalue weighted by Gasteiger charge is -2.17. The van der Waals surface area contributed by atoms with Crippen molar-refractivity contribution in [2.24, 2.45) is 5.92 Å². The zero-order chi connectivity index (χ0) is 13.8. The van der Waals surface area contributed by atoms with E-state index in [0.29, 0.717) is 11.7 Å². The number of nitrogens with zero attached hydrogens (tertiary/aromatic N) is 1. The molecule has 0 aliphatic heterocycles. The number of furan rings is 1. The summed E-state index contributed by atoms with van der Waals surface area (Å²) in [6.45, 7) is 4.93. The third kappa shape index (κ3) is 3.47. The predicted octanol–water partition coefficient (Wildman–Crippen LogP) is 3.56. The first-order chi connectivity index (χ1) is 9.06. The van der Waals surface area contributed by atoms with E-state index in [4.69, 9.17) is 4.42 Å². The third-order valence-electron chi connectivity index (χ3n) is 2.85. The average Bonchev–Trinajstić information content (AvgIpc) is 2.77. The lowest BCUT2D eigenvalue weighted by atomic mass is 10.2. The van der Waals surface area contributed by atoms with Crippen LogP contribution in [0, 0.1) is 5.92 Å². The van der Waals surface area contributed by atoms with Gasteiger partial charge in [0, 0.05) is 25.1 Å². The number of carbonyl (C=O) groups is 1. The van der Waals surface area contributed by atoms with Crippen LogP contribution in [-0.2, 0) is 4.79 Å². The molecule has 1 heterocycles. The Kier molecular flexibility index (Phi) is 4.05. The highest BCUT2D eigenvalue weighted by Gasteiger charge is 2.07. The number of carbonyl (C=O) groups excluding carboxylic acids is 1. The molecule has 2 rings (SSSR count). The van der Waals surface area contributed by atoms with E-state index in [0.717, 1.165) is 17.5 Å². The molecule has 0 unspecified atom stereocenters. The van der Waals surface area contributed by atoms with E-state index < -0.39 is 0 Å². The van der Waals surface area contributed by atoms with Gasteiger partial charge in [-0.25, -0.2) is 0 Å². The van der Waals surface area contributed by atoms with Crippen molar-refractivity contribution in [2.45, 2.75) is 13.8 Å². The van der Waals surface area contributed by atoms with Crippen molar-refractivity contribution in [3.63, 3.8) is 0 Å². The summed E-state index contributed by atoms with van der Waals surface area (Å²) in [6.07, 6.45) is 3.28. The first-order valence-electron chi connectivity index (χ1n) is 6.48. The fourth-order valence-electron chi connectivity index (χ4n) is 2.00. The Labute approximate surface area is 113 Å². The van der Waals surface area contributed by atoms with Crippen LogP contribution < -0.4 is 0 Å². The highest BCUT2D eigenvalue weighted by Crippen LogP contribution is 2.19. The van der Waals surface area contributed by atoms with Gasteiger partial charge in [-0.2, -0.15) is 0 Å². The molecular weight excluding hydrogens is 238 g/mol. The quantitative estimate of drug-likeness (QED) is 0.785. The first-order valence-corrected chi connectivity index (χ1v) is 6.48. The molecule has 3 nitrogen and oxygen atoms in total. The summed E-state index contributed by atoms with van der Waals surface area (Å²) in [5, 5.41) is 1.05. The van der Waals surface area contributed by atoms with Crippen molar-refractivity contribution >= 4 is 23.0 Å². The largest absolute Gasteiger partial charge is 0.457 e. The van der Waals surface area contributed by atoms with E-state index in [-0.39, 0.29) is 5.91 Å². The van der Waals surface area contributed by atoms with E-state index in [1.807, 2.05) is 37.4 Å². The van der Waals surface area contributed by atoms with Crippen molar-refractivity contribution < 1.29 is 9.21 Å². The van der Waals surface area contributed by atoms with Gasteiger partial charge in [0.15, 0.2) is 0 Å². The minimum Gasteiger partial charge on any atom is -0.457 e. The summed E-state index contributed by atoms with van der Waals surface area (Å²) < 4.78 is 5.62. The molecule has 0 spiro atoms. The minimum absolute atomic E-state index is 0.00541.